The molecule has 2 aromatic carbocycles. The molecule has 30 heavy (non-hydrogen) atoms. The first-order chi connectivity index (χ1) is 14.6. The van der Waals surface area contributed by atoms with Crippen molar-refractivity contribution >= 4 is 22.7 Å². The Morgan fingerprint density at radius 1 is 1.20 bits per heavy atom. The van der Waals surface area contributed by atoms with E-state index in [1.807, 2.05) is 42.5 Å². The summed E-state index contributed by atoms with van der Waals surface area (Å²) in [6, 6.07) is 12.4. The van der Waals surface area contributed by atoms with E-state index in [-0.39, 0.29) is 18.6 Å². The van der Waals surface area contributed by atoms with Crippen LogP contribution < -0.4 is 14.8 Å². The van der Waals surface area contributed by atoms with E-state index in [0.29, 0.717) is 17.9 Å². The summed E-state index contributed by atoms with van der Waals surface area (Å²) in [6.45, 7) is 3.83. The number of aromatic amines is 1. The fourth-order valence-electron chi connectivity index (χ4n) is 4.47. The number of benzene rings is 2. The summed E-state index contributed by atoms with van der Waals surface area (Å²) in [5.74, 6) is 0.761. The third-order valence-corrected chi connectivity index (χ3v) is 5.82. The number of para-hydroxylation sites is 1. The fraction of sp³-hybridized carbons (Fsp3) is 0.217. The normalized spacial score (nSPS) is 19.4. The van der Waals surface area contributed by atoms with Crippen LogP contribution in [-0.2, 0) is 16.0 Å². The van der Waals surface area contributed by atoms with Crippen LogP contribution in [0.4, 0.5) is 0 Å². The molecule has 2 amide bonds. The number of nitrogens with zero attached hydrogens (tertiary/aromatic N) is 1. The van der Waals surface area contributed by atoms with Crippen molar-refractivity contribution in [2.24, 2.45) is 0 Å². The molecule has 0 saturated heterocycles. The van der Waals surface area contributed by atoms with Gasteiger partial charge in [0, 0.05) is 30.1 Å². The molecular weight excluding hydrogens is 382 g/mol. The molecule has 0 radical (unpaired) electrons. The Balaban J connectivity index is 1.76. The number of ether oxygens (including phenoxy) is 2. The molecule has 3 aromatic rings. The number of aromatic nitrogens is 1. The zero-order valence-corrected chi connectivity index (χ0v) is 16.5. The van der Waals surface area contributed by atoms with Gasteiger partial charge < -0.3 is 24.7 Å². The van der Waals surface area contributed by atoms with E-state index >= 15 is 0 Å². The van der Waals surface area contributed by atoms with Gasteiger partial charge in [0.1, 0.15) is 6.04 Å². The van der Waals surface area contributed by atoms with Crippen molar-refractivity contribution in [2.75, 3.05) is 13.8 Å². The topological polar surface area (TPSA) is 83.7 Å². The van der Waals surface area contributed by atoms with Gasteiger partial charge in [-0.3, -0.25) is 9.59 Å². The van der Waals surface area contributed by atoms with Gasteiger partial charge in [-0.15, -0.1) is 0 Å². The van der Waals surface area contributed by atoms with Crippen LogP contribution in [0.3, 0.4) is 0 Å². The Labute approximate surface area is 173 Å². The van der Waals surface area contributed by atoms with Crippen molar-refractivity contribution in [1.82, 2.24) is 15.2 Å². The largest absolute Gasteiger partial charge is 0.454 e. The van der Waals surface area contributed by atoms with Crippen LogP contribution in [0.15, 0.2) is 55.1 Å². The summed E-state index contributed by atoms with van der Waals surface area (Å²) in [5, 5.41) is 3.76. The molecule has 2 atom stereocenters. The van der Waals surface area contributed by atoms with Crippen LogP contribution in [0.25, 0.3) is 10.9 Å². The van der Waals surface area contributed by atoms with Crippen molar-refractivity contribution in [3.63, 3.8) is 0 Å². The molecule has 7 heteroatoms. The number of fused-ring (bicyclic) bond motifs is 4. The molecule has 2 aliphatic heterocycles. The number of nitrogens with one attached hydrogen (secondary N) is 2. The number of rotatable bonds is 3. The van der Waals surface area contributed by atoms with Gasteiger partial charge >= 0.3 is 0 Å². The maximum atomic E-state index is 13.0. The molecule has 0 bridgehead atoms. The second-order valence-corrected chi connectivity index (χ2v) is 7.36. The molecule has 0 saturated carbocycles. The molecular formula is C23H21N3O4. The Hall–Kier alpha value is -3.74. The SMILES string of the molecule is C=CC(=O)N1[C@@H](c2ccc3c(c2)OCO3)c2[nH]c3ccccc3c2C[C@H]1C(=O)NC. The van der Waals surface area contributed by atoms with Crippen LogP contribution in [0.2, 0.25) is 0 Å². The van der Waals surface area contributed by atoms with Gasteiger partial charge in [0.05, 0.1) is 6.04 Å². The monoisotopic (exact) mass is 403 g/mol. The van der Waals surface area contributed by atoms with Gasteiger partial charge in [0.25, 0.3) is 0 Å². The average molecular weight is 403 g/mol. The minimum absolute atomic E-state index is 0.164. The fourth-order valence-corrected chi connectivity index (χ4v) is 4.47. The van der Waals surface area contributed by atoms with Gasteiger partial charge in [0.15, 0.2) is 11.5 Å². The Morgan fingerprint density at radius 2 is 2.00 bits per heavy atom. The number of H-pyrrole nitrogens is 1. The standard InChI is InChI=1S/C23H21N3O4/c1-3-20(27)26-17(23(28)24-2)11-15-14-6-4-5-7-16(14)25-21(15)22(26)13-8-9-18-19(10-13)30-12-29-18/h3-10,17,22,25H,1,11-12H2,2H3,(H,24,28)/t17-,22-/m0/s1. The molecule has 1 aromatic heterocycles. The molecule has 3 heterocycles. The third kappa shape index (κ3) is 2.66. The van der Waals surface area contributed by atoms with E-state index in [1.165, 1.54) is 6.08 Å². The number of hydrogen-bond donors (Lipinski definition) is 2. The van der Waals surface area contributed by atoms with Crippen LogP contribution in [-0.4, -0.2) is 41.6 Å². The molecule has 2 N–H and O–H groups in total. The number of carbonyl (C=O) groups excluding carboxylic acids is 2. The lowest BCUT2D eigenvalue weighted by Crippen LogP contribution is -2.53. The van der Waals surface area contributed by atoms with Gasteiger partial charge in [-0.2, -0.15) is 0 Å². The van der Waals surface area contributed by atoms with Crippen LogP contribution in [0.5, 0.6) is 11.5 Å². The summed E-state index contributed by atoms with van der Waals surface area (Å²) in [4.78, 5) is 30.9. The summed E-state index contributed by atoms with van der Waals surface area (Å²) in [6.07, 6.45) is 1.67. The third-order valence-electron chi connectivity index (χ3n) is 5.82. The van der Waals surface area contributed by atoms with E-state index in [9.17, 15) is 9.59 Å². The predicted octanol–water partition coefficient (Wildman–Crippen LogP) is 2.67. The van der Waals surface area contributed by atoms with Gasteiger partial charge in [0.2, 0.25) is 18.6 Å². The molecule has 152 valence electrons. The summed E-state index contributed by atoms with van der Waals surface area (Å²) in [7, 11) is 1.58. The molecule has 2 aliphatic rings. The van der Waals surface area contributed by atoms with E-state index in [0.717, 1.165) is 27.7 Å². The first-order valence-corrected chi connectivity index (χ1v) is 9.77. The first-order valence-electron chi connectivity index (χ1n) is 9.77. The molecule has 0 aliphatic carbocycles. The minimum atomic E-state index is -0.664. The molecule has 5 rings (SSSR count). The summed E-state index contributed by atoms with van der Waals surface area (Å²) >= 11 is 0. The lowest BCUT2D eigenvalue weighted by molar-refractivity contribution is -0.139. The molecule has 0 fully saturated rings. The second kappa shape index (κ2) is 6.95. The van der Waals surface area contributed by atoms with Crippen molar-refractivity contribution in [2.45, 2.75) is 18.5 Å². The lowest BCUT2D eigenvalue weighted by atomic mass is 9.87. The second-order valence-electron chi connectivity index (χ2n) is 7.36. The van der Waals surface area contributed by atoms with Crippen molar-refractivity contribution < 1.29 is 19.1 Å². The minimum Gasteiger partial charge on any atom is -0.454 e. The van der Waals surface area contributed by atoms with Gasteiger partial charge in [-0.05, 0) is 35.4 Å². The zero-order chi connectivity index (χ0) is 20.8. The Morgan fingerprint density at radius 3 is 2.80 bits per heavy atom. The highest BCUT2D eigenvalue weighted by atomic mass is 16.7. The highest BCUT2D eigenvalue weighted by Crippen LogP contribution is 2.43. The van der Waals surface area contributed by atoms with E-state index in [4.69, 9.17) is 9.47 Å². The summed E-state index contributed by atoms with van der Waals surface area (Å²) < 4.78 is 11.0. The van der Waals surface area contributed by atoms with E-state index in [1.54, 1.807) is 11.9 Å². The van der Waals surface area contributed by atoms with Gasteiger partial charge in [-0.1, -0.05) is 30.8 Å². The smallest absolute Gasteiger partial charge is 0.247 e. The van der Waals surface area contributed by atoms with E-state index < -0.39 is 12.1 Å². The van der Waals surface area contributed by atoms with Gasteiger partial charge in [-0.25, -0.2) is 0 Å². The Bertz CT molecular complexity index is 1180. The van der Waals surface area contributed by atoms with Crippen molar-refractivity contribution in [1.29, 1.82) is 0 Å². The van der Waals surface area contributed by atoms with Crippen LogP contribution in [0.1, 0.15) is 22.9 Å². The van der Waals surface area contributed by atoms with Crippen molar-refractivity contribution in [3.8, 4) is 11.5 Å². The molecule has 0 spiro atoms. The zero-order valence-electron chi connectivity index (χ0n) is 16.5. The predicted molar refractivity (Wildman–Crippen MR) is 111 cm³/mol. The maximum Gasteiger partial charge on any atom is 0.247 e. The quantitative estimate of drug-likeness (QED) is 0.659. The lowest BCUT2D eigenvalue weighted by Gasteiger charge is -2.41. The van der Waals surface area contributed by atoms with E-state index in [2.05, 4.69) is 16.9 Å². The summed E-state index contributed by atoms with van der Waals surface area (Å²) in [5.41, 5.74) is 3.73. The van der Waals surface area contributed by atoms with Crippen molar-refractivity contribution in [3.05, 3.63) is 71.9 Å². The Kier molecular flexibility index (Phi) is 4.24. The van der Waals surface area contributed by atoms with Crippen LogP contribution in [0, 0.1) is 0 Å². The number of hydrogen-bond acceptors (Lipinski definition) is 4. The highest BCUT2D eigenvalue weighted by molar-refractivity contribution is 5.95. The number of likely N-dealkylation sites (N-methyl/N-ethyl adjacent to an activating group) is 1. The maximum absolute atomic E-state index is 13.0. The highest BCUT2D eigenvalue weighted by Gasteiger charge is 2.42. The van der Waals surface area contributed by atoms with Crippen LogP contribution >= 0.6 is 0 Å². The molecule has 0 unspecified atom stereocenters. The number of carbonyl (C=O) groups is 2. The molecule has 7 nitrogen and oxygen atoms in total. The average Bonchev–Trinajstić information content (AvgIpc) is 3.40. The first kappa shape index (κ1) is 18.3. The number of amides is 2.